The molecule has 0 bridgehead atoms. The van der Waals surface area contributed by atoms with Crippen molar-refractivity contribution in [3.63, 3.8) is 0 Å². The lowest BCUT2D eigenvalue weighted by molar-refractivity contribution is 0.151. The first-order valence-electron chi connectivity index (χ1n) is 7.61. The van der Waals surface area contributed by atoms with Crippen LogP contribution in [0.4, 0.5) is 0 Å². The van der Waals surface area contributed by atoms with Crippen LogP contribution in [0.3, 0.4) is 0 Å². The lowest BCUT2D eigenvalue weighted by Crippen LogP contribution is -2.22. The molecule has 0 amide bonds. The quantitative estimate of drug-likeness (QED) is 0.833. The number of rotatable bonds is 7. The Hall–Kier alpha value is -0.840. The average molecular weight is 280 g/mol. The summed E-state index contributed by atoms with van der Waals surface area (Å²) in [7, 11) is 1.78. The molecular weight excluding hydrogens is 252 g/mol. The van der Waals surface area contributed by atoms with E-state index in [1.54, 1.807) is 7.11 Å². The van der Waals surface area contributed by atoms with E-state index in [0.29, 0.717) is 12.0 Å². The number of nitrogens with zero attached hydrogens (tertiary/aromatic N) is 1. The topological polar surface area (TPSA) is 37.6 Å². The minimum absolute atomic E-state index is 0.501. The van der Waals surface area contributed by atoms with Crippen molar-refractivity contribution in [2.45, 2.75) is 46.3 Å². The van der Waals surface area contributed by atoms with Gasteiger partial charge in [0.25, 0.3) is 0 Å². The molecule has 20 heavy (non-hydrogen) atoms. The molecule has 4 nitrogen and oxygen atoms in total. The molecule has 0 spiro atoms. The van der Waals surface area contributed by atoms with Crippen LogP contribution in [0, 0.1) is 12.8 Å². The fourth-order valence-electron chi connectivity index (χ4n) is 2.80. The summed E-state index contributed by atoms with van der Waals surface area (Å²) in [5.41, 5.74) is 1.28. The van der Waals surface area contributed by atoms with Gasteiger partial charge in [-0.2, -0.15) is 0 Å². The maximum Gasteiger partial charge on any atom is 0.118 e. The molecule has 1 aromatic rings. The second-order valence-corrected chi connectivity index (χ2v) is 6.17. The van der Waals surface area contributed by atoms with Crippen LogP contribution in [0.15, 0.2) is 10.5 Å². The van der Waals surface area contributed by atoms with Gasteiger partial charge in [0.15, 0.2) is 0 Å². The van der Waals surface area contributed by atoms with Gasteiger partial charge in [0.2, 0.25) is 0 Å². The summed E-state index contributed by atoms with van der Waals surface area (Å²) in [5, 5.41) is 3.44. The molecule has 0 aromatic carbocycles. The van der Waals surface area contributed by atoms with E-state index in [1.807, 2.05) is 0 Å². The first-order chi connectivity index (χ1) is 9.58. The molecule has 0 radical (unpaired) electrons. The zero-order valence-electron chi connectivity index (χ0n) is 13.2. The van der Waals surface area contributed by atoms with Gasteiger partial charge in [0.1, 0.15) is 11.5 Å². The molecule has 0 saturated carbocycles. The van der Waals surface area contributed by atoms with Crippen LogP contribution in [-0.2, 0) is 17.8 Å². The number of nitrogens with one attached hydrogen (secondary N) is 1. The Kier molecular flexibility index (Phi) is 5.64. The number of likely N-dealkylation sites (tertiary alicyclic amines) is 1. The predicted molar refractivity (Wildman–Crippen MR) is 80.7 cm³/mol. The van der Waals surface area contributed by atoms with Crippen LogP contribution in [0.5, 0.6) is 0 Å². The third-order valence-corrected chi connectivity index (χ3v) is 3.92. The van der Waals surface area contributed by atoms with E-state index in [-0.39, 0.29) is 0 Å². The Morgan fingerprint density at radius 1 is 1.50 bits per heavy atom. The van der Waals surface area contributed by atoms with E-state index in [9.17, 15) is 0 Å². The van der Waals surface area contributed by atoms with Crippen molar-refractivity contribution < 1.29 is 9.15 Å². The highest BCUT2D eigenvalue weighted by Gasteiger charge is 2.23. The zero-order chi connectivity index (χ0) is 14.5. The molecule has 1 aliphatic heterocycles. The van der Waals surface area contributed by atoms with Crippen molar-refractivity contribution in [2.24, 2.45) is 5.92 Å². The van der Waals surface area contributed by atoms with E-state index in [0.717, 1.165) is 44.3 Å². The highest BCUT2D eigenvalue weighted by molar-refractivity contribution is 5.20. The first kappa shape index (κ1) is 15.5. The first-order valence-corrected chi connectivity index (χ1v) is 7.61. The maximum atomic E-state index is 5.89. The molecular formula is C16H28N2O2. The Labute approximate surface area is 122 Å². The lowest BCUT2D eigenvalue weighted by atomic mass is 10.1. The summed E-state index contributed by atoms with van der Waals surface area (Å²) < 4.78 is 11.1. The Morgan fingerprint density at radius 2 is 2.30 bits per heavy atom. The van der Waals surface area contributed by atoms with E-state index in [2.05, 4.69) is 37.1 Å². The van der Waals surface area contributed by atoms with Crippen molar-refractivity contribution in [3.8, 4) is 0 Å². The number of aryl methyl sites for hydroxylation is 1. The number of ether oxygens (including phenoxy) is 1. The van der Waals surface area contributed by atoms with Crippen LogP contribution >= 0.6 is 0 Å². The number of hydrogen-bond donors (Lipinski definition) is 1. The van der Waals surface area contributed by atoms with Crippen LogP contribution in [0.1, 0.15) is 37.4 Å². The second-order valence-electron chi connectivity index (χ2n) is 6.17. The van der Waals surface area contributed by atoms with Gasteiger partial charge >= 0.3 is 0 Å². The standard InChI is InChI=1S/C16H28N2O2/c1-12(2)17-8-15-7-16(20-13(15)3)10-18-6-5-14(9-18)11-19-4/h7,12,14,17H,5-6,8-11H2,1-4H3. The lowest BCUT2D eigenvalue weighted by Gasteiger charge is -2.13. The van der Waals surface area contributed by atoms with Gasteiger partial charge in [-0.05, 0) is 31.9 Å². The van der Waals surface area contributed by atoms with Gasteiger partial charge in [0.05, 0.1) is 13.2 Å². The van der Waals surface area contributed by atoms with Crippen molar-refractivity contribution in [3.05, 3.63) is 23.2 Å². The summed E-state index contributed by atoms with van der Waals surface area (Å²) in [5.74, 6) is 2.81. The normalized spacial score (nSPS) is 20.1. The Morgan fingerprint density at radius 3 is 3.00 bits per heavy atom. The van der Waals surface area contributed by atoms with Gasteiger partial charge in [0, 0.05) is 31.8 Å². The SMILES string of the molecule is COCC1CCN(Cc2cc(CNC(C)C)c(C)o2)C1. The molecule has 1 N–H and O–H groups in total. The predicted octanol–water partition coefficient (Wildman–Crippen LogP) is 2.55. The fourth-order valence-corrected chi connectivity index (χ4v) is 2.80. The molecule has 2 rings (SSSR count). The molecule has 1 fully saturated rings. The molecule has 114 valence electrons. The minimum Gasteiger partial charge on any atom is -0.465 e. The summed E-state index contributed by atoms with van der Waals surface area (Å²) in [6.45, 7) is 11.3. The second kappa shape index (κ2) is 7.25. The molecule has 1 aliphatic rings. The Bertz CT molecular complexity index is 415. The molecule has 1 aromatic heterocycles. The van der Waals surface area contributed by atoms with Crippen molar-refractivity contribution >= 4 is 0 Å². The van der Waals surface area contributed by atoms with E-state index < -0.39 is 0 Å². The van der Waals surface area contributed by atoms with Crippen molar-refractivity contribution in [1.82, 2.24) is 10.2 Å². The van der Waals surface area contributed by atoms with E-state index in [1.165, 1.54) is 12.0 Å². The maximum absolute atomic E-state index is 5.89. The van der Waals surface area contributed by atoms with Gasteiger partial charge in [-0.15, -0.1) is 0 Å². The number of hydrogen-bond acceptors (Lipinski definition) is 4. The smallest absolute Gasteiger partial charge is 0.118 e. The summed E-state index contributed by atoms with van der Waals surface area (Å²) in [4.78, 5) is 2.46. The van der Waals surface area contributed by atoms with Crippen LogP contribution in [0.25, 0.3) is 0 Å². The molecule has 4 heteroatoms. The highest BCUT2D eigenvalue weighted by Crippen LogP contribution is 2.21. The number of methoxy groups -OCH3 is 1. The Balaban J connectivity index is 1.86. The van der Waals surface area contributed by atoms with Crippen LogP contribution in [-0.4, -0.2) is 37.7 Å². The van der Waals surface area contributed by atoms with Gasteiger partial charge in [-0.25, -0.2) is 0 Å². The van der Waals surface area contributed by atoms with Gasteiger partial charge < -0.3 is 14.5 Å². The molecule has 1 saturated heterocycles. The van der Waals surface area contributed by atoms with Crippen molar-refractivity contribution in [1.29, 1.82) is 0 Å². The van der Waals surface area contributed by atoms with Gasteiger partial charge in [-0.1, -0.05) is 13.8 Å². The minimum atomic E-state index is 0.501. The van der Waals surface area contributed by atoms with Crippen LogP contribution in [0.2, 0.25) is 0 Å². The zero-order valence-corrected chi connectivity index (χ0v) is 13.2. The molecule has 1 atom stereocenters. The molecule has 2 heterocycles. The van der Waals surface area contributed by atoms with E-state index in [4.69, 9.17) is 9.15 Å². The molecule has 1 unspecified atom stereocenters. The highest BCUT2D eigenvalue weighted by atomic mass is 16.5. The summed E-state index contributed by atoms with van der Waals surface area (Å²) in [6, 6.07) is 2.70. The van der Waals surface area contributed by atoms with Gasteiger partial charge in [-0.3, -0.25) is 4.90 Å². The van der Waals surface area contributed by atoms with Crippen molar-refractivity contribution in [2.75, 3.05) is 26.8 Å². The molecule has 0 aliphatic carbocycles. The fraction of sp³-hybridized carbons (Fsp3) is 0.750. The summed E-state index contributed by atoms with van der Waals surface area (Å²) >= 11 is 0. The number of furan rings is 1. The third kappa shape index (κ3) is 4.33. The third-order valence-electron chi connectivity index (χ3n) is 3.92. The van der Waals surface area contributed by atoms with E-state index >= 15 is 0 Å². The monoisotopic (exact) mass is 280 g/mol. The summed E-state index contributed by atoms with van der Waals surface area (Å²) in [6.07, 6.45) is 1.23. The largest absolute Gasteiger partial charge is 0.465 e. The van der Waals surface area contributed by atoms with Crippen LogP contribution < -0.4 is 5.32 Å². The average Bonchev–Trinajstić information content (AvgIpc) is 2.95.